The molecule has 1 saturated carbocycles. The number of rotatable bonds is 2. The first-order valence-corrected chi connectivity index (χ1v) is 9.10. The molecule has 3 rings (SSSR count). The van der Waals surface area contributed by atoms with Gasteiger partial charge in [0.15, 0.2) is 0 Å². The Morgan fingerprint density at radius 2 is 1.75 bits per heavy atom. The molecule has 1 aromatic carbocycles. The van der Waals surface area contributed by atoms with E-state index in [0.717, 1.165) is 44.3 Å². The minimum atomic E-state index is -0.206. The number of hydrogen-bond donors (Lipinski definition) is 1. The van der Waals surface area contributed by atoms with Crippen LogP contribution in [0.4, 0.5) is 5.69 Å². The summed E-state index contributed by atoms with van der Waals surface area (Å²) in [7, 11) is 0. The summed E-state index contributed by atoms with van der Waals surface area (Å²) in [5.41, 5.74) is 2.13. The van der Waals surface area contributed by atoms with Crippen molar-refractivity contribution in [1.82, 2.24) is 0 Å². The summed E-state index contributed by atoms with van der Waals surface area (Å²) < 4.78 is 0. The van der Waals surface area contributed by atoms with Gasteiger partial charge in [0.25, 0.3) is 0 Å². The fourth-order valence-corrected chi connectivity index (χ4v) is 3.73. The maximum atomic E-state index is 12.9. The quantitative estimate of drug-likeness (QED) is 0.802. The van der Waals surface area contributed by atoms with Crippen LogP contribution in [0.5, 0.6) is 0 Å². The molecule has 2 fully saturated rings. The topological polar surface area (TPSA) is 40.5 Å². The Bertz CT molecular complexity index is 554. The number of nitrogens with zero attached hydrogens (tertiary/aromatic N) is 1. The van der Waals surface area contributed by atoms with Gasteiger partial charge in [0.1, 0.15) is 0 Å². The number of anilines is 1. The molecule has 1 heterocycles. The maximum Gasteiger partial charge on any atom is 0.233 e. The summed E-state index contributed by atoms with van der Waals surface area (Å²) in [6.07, 6.45) is 5.70. The Hall–Kier alpha value is -1.61. The predicted molar refractivity (Wildman–Crippen MR) is 100 cm³/mol. The lowest BCUT2D eigenvalue weighted by molar-refractivity contribution is -0.128. The number of aliphatic hydroxyl groups excluding tert-OH is 1. The lowest BCUT2D eigenvalue weighted by Crippen LogP contribution is -2.38. The van der Waals surface area contributed by atoms with E-state index in [1.807, 2.05) is 11.8 Å². The Morgan fingerprint density at radius 1 is 1.21 bits per heavy atom. The maximum absolute atomic E-state index is 12.9. The average Bonchev–Trinajstić information content (AvgIpc) is 2.88. The van der Waals surface area contributed by atoms with Crippen molar-refractivity contribution in [2.24, 2.45) is 5.41 Å². The number of hydrogen-bond acceptors (Lipinski definition) is 2. The number of carbonyl (C=O) groups excluding carboxylic acids is 1. The first-order valence-electron chi connectivity index (χ1n) is 9.10. The van der Waals surface area contributed by atoms with Gasteiger partial charge in [-0.05, 0) is 62.6 Å². The molecule has 1 aliphatic carbocycles. The average molecular weight is 329 g/mol. The molecule has 0 bridgehead atoms. The van der Waals surface area contributed by atoms with Gasteiger partial charge >= 0.3 is 0 Å². The lowest BCUT2D eigenvalue weighted by Gasteiger charge is -2.33. The number of allylic oxidation sites excluding steroid dienone is 1. The van der Waals surface area contributed by atoms with Crippen LogP contribution in [0.25, 0.3) is 0 Å². The predicted octanol–water partition coefficient (Wildman–Crippen LogP) is 4.66. The summed E-state index contributed by atoms with van der Waals surface area (Å²) in [5.74, 6) is 0.784. The first-order chi connectivity index (χ1) is 11.4. The molecular formula is C21H31NO2. The van der Waals surface area contributed by atoms with Crippen molar-refractivity contribution in [1.29, 1.82) is 0 Å². The molecular weight excluding hydrogens is 298 g/mol. The molecule has 0 atom stereocenters. The standard InChI is InChI=1S/C18H25NO2.C3H6/c1-13(2)14-3-5-15(6-4-14)19-12-11-18(17(19)21)9-7-16(20)8-10-18;1-3-2/h3-6,13,16,20H,7-12H2,1-2H3;3H,1H2,2H3. The molecule has 1 aliphatic heterocycles. The van der Waals surface area contributed by atoms with Gasteiger partial charge in [0.2, 0.25) is 5.91 Å². The van der Waals surface area contributed by atoms with Crippen LogP contribution in [0.15, 0.2) is 36.9 Å². The normalized spacial score (nSPS) is 26.5. The van der Waals surface area contributed by atoms with Crippen molar-refractivity contribution in [3.05, 3.63) is 42.5 Å². The van der Waals surface area contributed by atoms with Crippen molar-refractivity contribution < 1.29 is 9.90 Å². The van der Waals surface area contributed by atoms with Crippen molar-refractivity contribution in [3.63, 3.8) is 0 Å². The van der Waals surface area contributed by atoms with Crippen molar-refractivity contribution in [2.45, 2.75) is 64.9 Å². The van der Waals surface area contributed by atoms with E-state index in [0.29, 0.717) is 5.92 Å². The third-order valence-corrected chi connectivity index (χ3v) is 5.30. The Balaban J connectivity index is 0.000000647. The van der Waals surface area contributed by atoms with Crippen molar-refractivity contribution >= 4 is 11.6 Å². The minimum Gasteiger partial charge on any atom is -0.393 e. The van der Waals surface area contributed by atoms with Gasteiger partial charge in [-0.3, -0.25) is 4.79 Å². The molecule has 1 spiro atoms. The van der Waals surface area contributed by atoms with E-state index >= 15 is 0 Å². The molecule has 0 unspecified atom stereocenters. The SMILES string of the molecule is C=CC.CC(C)c1ccc(N2CCC3(CCC(O)CC3)C2=O)cc1. The fourth-order valence-electron chi connectivity index (χ4n) is 3.73. The highest BCUT2D eigenvalue weighted by molar-refractivity contribution is 5.99. The third-order valence-electron chi connectivity index (χ3n) is 5.30. The zero-order chi connectivity index (χ0) is 17.7. The summed E-state index contributed by atoms with van der Waals surface area (Å²) in [4.78, 5) is 14.8. The van der Waals surface area contributed by atoms with E-state index in [4.69, 9.17) is 0 Å². The van der Waals surface area contributed by atoms with Crippen LogP contribution in [-0.2, 0) is 4.79 Å². The van der Waals surface area contributed by atoms with Crippen LogP contribution in [-0.4, -0.2) is 23.7 Å². The van der Waals surface area contributed by atoms with Gasteiger partial charge in [-0.1, -0.05) is 32.1 Å². The highest BCUT2D eigenvalue weighted by atomic mass is 16.3. The zero-order valence-corrected chi connectivity index (χ0v) is 15.3. The second-order valence-corrected chi connectivity index (χ2v) is 7.37. The van der Waals surface area contributed by atoms with Gasteiger partial charge < -0.3 is 10.0 Å². The molecule has 3 nitrogen and oxygen atoms in total. The number of benzene rings is 1. The van der Waals surface area contributed by atoms with E-state index in [1.165, 1.54) is 5.56 Å². The van der Waals surface area contributed by atoms with Crippen LogP contribution >= 0.6 is 0 Å². The van der Waals surface area contributed by atoms with Crippen molar-refractivity contribution in [2.75, 3.05) is 11.4 Å². The van der Waals surface area contributed by atoms with Crippen LogP contribution in [0.1, 0.15) is 64.4 Å². The van der Waals surface area contributed by atoms with E-state index < -0.39 is 0 Å². The van der Waals surface area contributed by atoms with Gasteiger partial charge in [0.05, 0.1) is 11.5 Å². The number of amides is 1. The molecule has 0 aromatic heterocycles. The van der Waals surface area contributed by atoms with E-state index in [1.54, 1.807) is 6.08 Å². The molecule has 1 saturated heterocycles. The zero-order valence-electron chi connectivity index (χ0n) is 15.3. The highest BCUT2D eigenvalue weighted by Gasteiger charge is 2.48. The molecule has 1 N–H and O–H groups in total. The van der Waals surface area contributed by atoms with Gasteiger partial charge in [0, 0.05) is 12.2 Å². The van der Waals surface area contributed by atoms with Crippen LogP contribution < -0.4 is 4.90 Å². The molecule has 1 aromatic rings. The Morgan fingerprint density at radius 3 is 2.25 bits per heavy atom. The minimum absolute atomic E-state index is 0.198. The monoisotopic (exact) mass is 329 g/mol. The van der Waals surface area contributed by atoms with Crippen LogP contribution in [0, 0.1) is 5.41 Å². The largest absolute Gasteiger partial charge is 0.393 e. The molecule has 0 radical (unpaired) electrons. The fraction of sp³-hybridized carbons (Fsp3) is 0.571. The highest BCUT2D eigenvalue weighted by Crippen LogP contribution is 2.46. The Labute approximate surface area is 146 Å². The second-order valence-electron chi connectivity index (χ2n) is 7.37. The lowest BCUT2D eigenvalue weighted by atomic mass is 9.72. The van der Waals surface area contributed by atoms with Crippen LogP contribution in [0.3, 0.4) is 0 Å². The second kappa shape index (κ2) is 7.98. The number of carbonyl (C=O) groups is 1. The molecule has 3 heteroatoms. The van der Waals surface area contributed by atoms with E-state index in [9.17, 15) is 9.90 Å². The summed E-state index contributed by atoms with van der Waals surface area (Å²) >= 11 is 0. The van der Waals surface area contributed by atoms with E-state index in [-0.39, 0.29) is 17.4 Å². The summed E-state index contributed by atoms with van der Waals surface area (Å²) in [6.45, 7) is 10.4. The number of aliphatic hydroxyl groups is 1. The smallest absolute Gasteiger partial charge is 0.233 e. The summed E-state index contributed by atoms with van der Waals surface area (Å²) in [6, 6.07) is 8.40. The van der Waals surface area contributed by atoms with Gasteiger partial charge in [-0.15, -0.1) is 6.58 Å². The molecule has 132 valence electrons. The third kappa shape index (κ3) is 3.89. The molecule has 24 heavy (non-hydrogen) atoms. The summed E-state index contributed by atoms with van der Waals surface area (Å²) in [5, 5.41) is 9.68. The van der Waals surface area contributed by atoms with E-state index in [2.05, 4.69) is 44.7 Å². The van der Waals surface area contributed by atoms with Gasteiger partial charge in [-0.25, -0.2) is 0 Å². The Kier molecular flexibility index (Phi) is 6.22. The van der Waals surface area contributed by atoms with Crippen LogP contribution in [0.2, 0.25) is 0 Å². The first kappa shape index (κ1) is 18.7. The van der Waals surface area contributed by atoms with Crippen molar-refractivity contribution in [3.8, 4) is 0 Å². The van der Waals surface area contributed by atoms with Gasteiger partial charge in [-0.2, -0.15) is 0 Å². The molecule has 1 amide bonds. The molecule has 2 aliphatic rings.